The fourth-order valence-corrected chi connectivity index (χ4v) is 1.35. The van der Waals surface area contributed by atoms with E-state index in [2.05, 4.69) is 30.0 Å². The summed E-state index contributed by atoms with van der Waals surface area (Å²) in [7, 11) is 4.11. The van der Waals surface area contributed by atoms with Crippen LogP contribution in [0.3, 0.4) is 0 Å². The summed E-state index contributed by atoms with van der Waals surface area (Å²) < 4.78 is 0. The number of aromatic nitrogens is 1. The number of nitrogens with zero attached hydrogens (tertiary/aromatic N) is 2. The molecule has 0 saturated heterocycles. The van der Waals surface area contributed by atoms with Gasteiger partial charge in [0, 0.05) is 18.4 Å². The number of nitrogens with two attached hydrogens (primary N) is 1. The van der Waals surface area contributed by atoms with Gasteiger partial charge < -0.3 is 10.6 Å². The van der Waals surface area contributed by atoms with Crippen molar-refractivity contribution in [1.29, 1.82) is 0 Å². The molecule has 78 valence electrons. The van der Waals surface area contributed by atoms with Crippen molar-refractivity contribution in [3.05, 3.63) is 29.6 Å². The quantitative estimate of drug-likeness (QED) is 0.784. The fraction of sp³-hybridized carbons (Fsp3) is 0.545. The SMILES string of the molecule is Cc1cncc(C(N)CCN(C)C)c1. The van der Waals surface area contributed by atoms with E-state index in [1.54, 1.807) is 0 Å². The Morgan fingerprint density at radius 1 is 1.43 bits per heavy atom. The van der Waals surface area contributed by atoms with Gasteiger partial charge in [-0.2, -0.15) is 0 Å². The third kappa shape index (κ3) is 3.44. The molecule has 1 heterocycles. The Kier molecular flexibility index (Phi) is 4.04. The molecule has 0 aliphatic heterocycles. The van der Waals surface area contributed by atoms with Crippen LogP contribution in [0.15, 0.2) is 18.5 Å². The lowest BCUT2D eigenvalue weighted by Gasteiger charge is -2.15. The lowest BCUT2D eigenvalue weighted by molar-refractivity contribution is 0.382. The molecule has 0 radical (unpaired) electrons. The Bertz CT molecular complexity index is 284. The summed E-state index contributed by atoms with van der Waals surface area (Å²) in [5.41, 5.74) is 8.35. The van der Waals surface area contributed by atoms with Gasteiger partial charge in [-0.3, -0.25) is 4.98 Å². The van der Waals surface area contributed by atoms with Crippen molar-refractivity contribution >= 4 is 0 Å². The topological polar surface area (TPSA) is 42.1 Å². The van der Waals surface area contributed by atoms with E-state index in [9.17, 15) is 0 Å². The third-order valence-corrected chi connectivity index (χ3v) is 2.21. The van der Waals surface area contributed by atoms with Gasteiger partial charge in [0.05, 0.1) is 0 Å². The predicted octanol–water partition coefficient (Wildman–Crippen LogP) is 1.34. The second-order valence-electron chi connectivity index (χ2n) is 3.99. The Balaban J connectivity index is 2.56. The summed E-state index contributed by atoms with van der Waals surface area (Å²) in [5, 5.41) is 0. The minimum atomic E-state index is 0.102. The van der Waals surface area contributed by atoms with Gasteiger partial charge in [0.15, 0.2) is 0 Å². The lowest BCUT2D eigenvalue weighted by Crippen LogP contribution is -2.20. The van der Waals surface area contributed by atoms with E-state index < -0.39 is 0 Å². The Hall–Kier alpha value is -0.930. The molecule has 0 aromatic carbocycles. The molecule has 1 aromatic rings. The zero-order valence-electron chi connectivity index (χ0n) is 9.20. The monoisotopic (exact) mass is 193 g/mol. The highest BCUT2D eigenvalue weighted by atomic mass is 15.0. The maximum atomic E-state index is 6.05. The lowest BCUT2D eigenvalue weighted by atomic mass is 10.1. The first-order valence-corrected chi connectivity index (χ1v) is 4.91. The van der Waals surface area contributed by atoms with Crippen LogP contribution in [0.2, 0.25) is 0 Å². The Labute approximate surface area is 85.9 Å². The number of rotatable bonds is 4. The van der Waals surface area contributed by atoms with Gasteiger partial charge >= 0.3 is 0 Å². The van der Waals surface area contributed by atoms with E-state index in [4.69, 9.17) is 5.73 Å². The van der Waals surface area contributed by atoms with Gasteiger partial charge in [0.2, 0.25) is 0 Å². The van der Waals surface area contributed by atoms with Crippen LogP contribution in [-0.4, -0.2) is 30.5 Å². The van der Waals surface area contributed by atoms with E-state index in [0.717, 1.165) is 18.5 Å². The normalized spacial score (nSPS) is 13.2. The van der Waals surface area contributed by atoms with Crippen LogP contribution in [0, 0.1) is 6.92 Å². The number of pyridine rings is 1. The molecule has 14 heavy (non-hydrogen) atoms. The third-order valence-electron chi connectivity index (χ3n) is 2.21. The first-order chi connectivity index (χ1) is 6.59. The van der Waals surface area contributed by atoms with Crippen molar-refractivity contribution in [3.8, 4) is 0 Å². The van der Waals surface area contributed by atoms with Crippen molar-refractivity contribution in [2.45, 2.75) is 19.4 Å². The van der Waals surface area contributed by atoms with Crippen LogP contribution >= 0.6 is 0 Å². The molecule has 3 heteroatoms. The predicted molar refractivity (Wildman–Crippen MR) is 59.1 cm³/mol. The number of aryl methyl sites for hydroxylation is 1. The number of hydrogen-bond acceptors (Lipinski definition) is 3. The fourth-order valence-electron chi connectivity index (χ4n) is 1.35. The molecule has 0 fully saturated rings. The minimum absolute atomic E-state index is 0.102. The van der Waals surface area contributed by atoms with Gasteiger partial charge in [0.25, 0.3) is 0 Å². The van der Waals surface area contributed by atoms with Crippen LogP contribution in [0.4, 0.5) is 0 Å². The Morgan fingerprint density at radius 3 is 2.71 bits per heavy atom. The van der Waals surface area contributed by atoms with Gasteiger partial charge in [-0.1, -0.05) is 6.07 Å². The highest BCUT2D eigenvalue weighted by molar-refractivity contribution is 5.19. The van der Waals surface area contributed by atoms with E-state index in [-0.39, 0.29) is 6.04 Å². The molecule has 1 unspecified atom stereocenters. The molecule has 0 bridgehead atoms. The standard InChI is InChI=1S/C11H19N3/c1-9-6-10(8-13-7-9)11(12)4-5-14(2)3/h6-8,11H,4-5,12H2,1-3H3. The molecular weight excluding hydrogens is 174 g/mol. The summed E-state index contributed by atoms with van der Waals surface area (Å²) in [6, 6.07) is 2.21. The maximum absolute atomic E-state index is 6.05. The van der Waals surface area contributed by atoms with Crippen LogP contribution in [0.1, 0.15) is 23.6 Å². The first kappa shape index (κ1) is 11.1. The van der Waals surface area contributed by atoms with Crippen LogP contribution in [-0.2, 0) is 0 Å². The van der Waals surface area contributed by atoms with Crippen LogP contribution in [0.25, 0.3) is 0 Å². The summed E-state index contributed by atoms with van der Waals surface area (Å²) in [5.74, 6) is 0. The van der Waals surface area contributed by atoms with Gasteiger partial charge in [0.1, 0.15) is 0 Å². The highest BCUT2D eigenvalue weighted by Gasteiger charge is 2.06. The zero-order chi connectivity index (χ0) is 10.6. The highest BCUT2D eigenvalue weighted by Crippen LogP contribution is 2.13. The Morgan fingerprint density at radius 2 is 2.14 bits per heavy atom. The average molecular weight is 193 g/mol. The van der Waals surface area contributed by atoms with E-state index in [0.29, 0.717) is 0 Å². The molecule has 0 aliphatic carbocycles. The van der Waals surface area contributed by atoms with Crippen LogP contribution < -0.4 is 5.73 Å². The molecular formula is C11H19N3. The van der Waals surface area contributed by atoms with Crippen LogP contribution in [0.5, 0.6) is 0 Å². The van der Waals surface area contributed by atoms with Gasteiger partial charge in [-0.15, -0.1) is 0 Å². The average Bonchev–Trinajstić information content (AvgIpc) is 2.14. The summed E-state index contributed by atoms with van der Waals surface area (Å²) in [6.07, 6.45) is 4.67. The molecule has 1 rings (SSSR count). The minimum Gasteiger partial charge on any atom is -0.324 e. The summed E-state index contributed by atoms with van der Waals surface area (Å²) >= 11 is 0. The zero-order valence-corrected chi connectivity index (χ0v) is 9.20. The van der Waals surface area contributed by atoms with Crippen molar-refractivity contribution in [1.82, 2.24) is 9.88 Å². The molecule has 0 aliphatic rings. The number of hydrogen-bond donors (Lipinski definition) is 1. The molecule has 1 aromatic heterocycles. The molecule has 2 N–H and O–H groups in total. The molecule has 0 saturated carbocycles. The smallest absolute Gasteiger partial charge is 0.0322 e. The summed E-state index contributed by atoms with van der Waals surface area (Å²) in [4.78, 5) is 6.28. The summed E-state index contributed by atoms with van der Waals surface area (Å²) in [6.45, 7) is 3.05. The largest absolute Gasteiger partial charge is 0.324 e. The van der Waals surface area contributed by atoms with Crippen molar-refractivity contribution < 1.29 is 0 Å². The first-order valence-electron chi connectivity index (χ1n) is 4.91. The van der Waals surface area contributed by atoms with E-state index in [1.807, 2.05) is 19.3 Å². The van der Waals surface area contributed by atoms with Gasteiger partial charge in [-0.05, 0) is 45.1 Å². The van der Waals surface area contributed by atoms with Gasteiger partial charge in [-0.25, -0.2) is 0 Å². The molecule has 0 spiro atoms. The second kappa shape index (κ2) is 5.08. The van der Waals surface area contributed by atoms with Crippen molar-refractivity contribution in [3.63, 3.8) is 0 Å². The van der Waals surface area contributed by atoms with E-state index in [1.165, 1.54) is 5.56 Å². The molecule has 3 nitrogen and oxygen atoms in total. The molecule has 1 atom stereocenters. The van der Waals surface area contributed by atoms with Crippen molar-refractivity contribution in [2.24, 2.45) is 5.73 Å². The van der Waals surface area contributed by atoms with E-state index >= 15 is 0 Å². The maximum Gasteiger partial charge on any atom is 0.0322 e. The second-order valence-corrected chi connectivity index (χ2v) is 3.99. The van der Waals surface area contributed by atoms with Crippen molar-refractivity contribution in [2.75, 3.05) is 20.6 Å². The molecule has 0 amide bonds.